The maximum absolute atomic E-state index is 11.4. The largest absolute Gasteiger partial charge is 0.452 e. The van der Waals surface area contributed by atoms with Gasteiger partial charge in [-0.3, -0.25) is 9.59 Å². The molecular formula is C9H15NO3. The molecule has 1 atom stereocenters. The lowest BCUT2D eigenvalue weighted by Gasteiger charge is -2.18. The monoisotopic (exact) mass is 185 g/mol. The van der Waals surface area contributed by atoms with Gasteiger partial charge in [-0.15, -0.1) is 0 Å². The van der Waals surface area contributed by atoms with E-state index in [0.29, 0.717) is 13.0 Å². The Bertz CT molecular complexity index is 230. The maximum Gasteiger partial charge on any atom is 0.312 e. The van der Waals surface area contributed by atoms with Gasteiger partial charge in [0.2, 0.25) is 0 Å². The smallest absolute Gasteiger partial charge is 0.312 e. The second kappa shape index (κ2) is 3.36. The molecule has 1 heterocycles. The fourth-order valence-corrected chi connectivity index (χ4v) is 0.990. The molecule has 0 spiro atoms. The van der Waals surface area contributed by atoms with Crippen molar-refractivity contribution in [2.75, 3.05) is 6.54 Å². The Balaban J connectivity index is 2.49. The van der Waals surface area contributed by atoms with Gasteiger partial charge in [-0.25, -0.2) is 0 Å². The topological polar surface area (TPSA) is 55.4 Å². The third kappa shape index (κ3) is 2.44. The summed E-state index contributed by atoms with van der Waals surface area (Å²) in [5, 5.41) is 2.61. The van der Waals surface area contributed by atoms with E-state index in [1.54, 1.807) is 20.8 Å². The van der Waals surface area contributed by atoms with E-state index in [0.717, 1.165) is 0 Å². The maximum atomic E-state index is 11.4. The van der Waals surface area contributed by atoms with Crippen LogP contribution in [0, 0.1) is 5.41 Å². The van der Waals surface area contributed by atoms with Crippen LogP contribution in [-0.4, -0.2) is 24.5 Å². The molecule has 1 aliphatic rings. The Labute approximate surface area is 77.6 Å². The number of amides is 1. The van der Waals surface area contributed by atoms with Crippen LogP contribution in [0.2, 0.25) is 0 Å². The van der Waals surface area contributed by atoms with E-state index in [9.17, 15) is 9.59 Å². The molecule has 1 amide bonds. The third-order valence-corrected chi connectivity index (χ3v) is 1.86. The standard InChI is InChI=1S/C9H15NO3/c1-9(2,3)8(12)13-6-4-5-10-7(6)11/h6H,4-5H2,1-3H3,(H,10,11)/t6-/m0/s1. The number of hydrogen-bond donors (Lipinski definition) is 1. The summed E-state index contributed by atoms with van der Waals surface area (Å²) in [7, 11) is 0. The van der Waals surface area contributed by atoms with Crippen LogP contribution in [0.25, 0.3) is 0 Å². The zero-order valence-corrected chi connectivity index (χ0v) is 8.22. The molecule has 13 heavy (non-hydrogen) atoms. The van der Waals surface area contributed by atoms with Crippen molar-refractivity contribution in [1.82, 2.24) is 5.32 Å². The predicted octanol–water partition coefficient (Wildman–Crippen LogP) is 0.464. The lowest BCUT2D eigenvalue weighted by Crippen LogP contribution is -2.32. The summed E-state index contributed by atoms with van der Waals surface area (Å²) in [6, 6.07) is 0. The van der Waals surface area contributed by atoms with Crippen molar-refractivity contribution >= 4 is 11.9 Å². The molecule has 1 aliphatic heterocycles. The average molecular weight is 185 g/mol. The van der Waals surface area contributed by atoms with Crippen LogP contribution in [-0.2, 0) is 14.3 Å². The van der Waals surface area contributed by atoms with Crippen LogP contribution in [0.15, 0.2) is 0 Å². The molecule has 0 saturated carbocycles. The first-order chi connectivity index (χ1) is 5.91. The van der Waals surface area contributed by atoms with Crippen molar-refractivity contribution in [1.29, 1.82) is 0 Å². The van der Waals surface area contributed by atoms with Gasteiger partial charge in [0.1, 0.15) is 0 Å². The minimum atomic E-state index is -0.577. The zero-order chi connectivity index (χ0) is 10.1. The summed E-state index contributed by atoms with van der Waals surface area (Å²) in [5.41, 5.74) is -0.539. The molecule has 0 radical (unpaired) electrons. The highest BCUT2D eigenvalue weighted by atomic mass is 16.5. The van der Waals surface area contributed by atoms with Gasteiger partial charge in [-0.1, -0.05) is 0 Å². The zero-order valence-electron chi connectivity index (χ0n) is 8.22. The highest BCUT2D eigenvalue weighted by Crippen LogP contribution is 2.18. The van der Waals surface area contributed by atoms with E-state index in [1.165, 1.54) is 0 Å². The van der Waals surface area contributed by atoms with Gasteiger partial charge in [-0.05, 0) is 20.8 Å². The van der Waals surface area contributed by atoms with Crippen molar-refractivity contribution in [2.45, 2.75) is 33.3 Å². The Morgan fingerprint density at radius 3 is 2.54 bits per heavy atom. The minimum Gasteiger partial charge on any atom is -0.452 e. The second-order valence-corrected chi connectivity index (χ2v) is 4.22. The second-order valence-electron chi connectivity index (χ2n) is 4.22. The van der Waals surface area contributed by atoms with Crippen LogP contribution >= 0.6 is 0 Å². The van der Waals surface area contributed by atoms with E-state index in [1.807, 2.05) is 0 Å². The van der Waals surface area contributed by atoms with Crippen LogP contribution in [0.1, 0.15) is 27.2 Å². The molecule has 0 unspecified atom stereocenters. The van der Waals surface area contributed by atoms with Gasteiger partial charge in [0.15, 0.2) is 6.10 Å². The SMILES string of the molecule is CC(C)(C)C(=O)O[C@H]1CCNC1=O. The molecule has 0 aromatic heterocycles. The van der Waals surface area contributed by atoms with Gasteiger partial charge in [-0.2, -0.15) is 0 Å². The van der Waals surface area contributed by atoms with Gasteiger partial charge in [0.05, 0.1) is 5.41 Å². The van der Waals surface area contributed by atoms with Gasteiger partial charge in [0, 0.05) is 13.0 Å². The molecule has 1 saturated heterocycles. The fourth-order valence-electron chi connectivity index (χ4n) is 0.990. The van der Waals surface area contributed by atoms with Crippen LogP contribution in [0.3, 0.4) is 0 Å². The van der Waals surface area contributed by atoms with E-state index in [2.05, 4.69) is 5.32 Å². The van der Waals surface area contributed by atoms with Crippen LogP contribution in [0.5, 0.6) is 0 Å². The van der Waals surface area contributed by atoms with Gasteiger partial charge in [0.25, 0.3) is 5.91 Å². The van der Waals surface area contributed by atoms with Crippen molar-refractivity contribution in [2.24, 2.45) is 5.41 Å². The molecule has 0 aromatic rings. The third-order valence-electron chi connectivity index (χ3n) is 1.86. The average Bonchev–Trinajstić information content (AvgIpc) is 2.34. The van der Waals surface area contributed by atoms with E-state index < -0.39 is 11.5 Å². The Morgan fingerprint density at radius 1 is 1.54 bits per heavy atom. The molecule has 4 nitrogen and oxygen atoms in total. The summed E-state index contributed by atoms with van der Waals surface area (Å²) in [6.07, 6.45) is 0.00687. The minimum absolute atomic E-state index is 0.183. The molecule has 74 valence electrons. The first kappa shape index (κ1) is 10.0. The molecule has 1 N–H and O–H groups in total. The lowest BCUT2D eigenvalue weighted by molar-refractivity contribution is -0.161. The normalized spacial score (nSPS) is 22.7. The van der Waals surface area contributed by atoms with E-state index in [-0.39, 0.29) is 11.9 Å². The summed E-state index contributed by atoms with van der Waals surface area (Å²) < 4.78 is 5.04. The molecular weight excluding hydrogens is 170 g/mol. The first-order valence-corrected chi connectivity index (χ1v) is 4.40. The molecule has 4 heteroatoms. The van der Waals surface area contributed by atoms with E-state index >= 15 is 0 Å². The Hall–Kier alpha value is -1.06. The van der Waals surface area contributed by atoms with Crippen LogP contribution in [0.4, 0.5) is 0 Å². The number of rotatable bonds is 1. The van der Waals surface area contributed by atoms with Crippen molar-refractivity contribution in [3.8, 4) is 0 Å². The molecule has 1 rings (SSSR count). The highest BCUT2D eigenvalue weighted by molar-refractivity contribution is 5.86. The molecule has 0 bridgehead atoms. The summed E-state index contributed by atoms with van der Waals surface area (Å²) in [5.74, 6) is -0.507. The fraction of sp³-hybridized carbons (Fsp3) is 0.778. The summed E-state index contributed by atoms with van der Waals surface area (Å²) in [4.78, 5) is 22.4. The highest BCUT2D eigenvalue weighted by Gasteiger charge is 2.32. The quantitative estimate of drug-likeness (QED) is 0.604. The number of esters is 1. The van der Waals surface area contributed by atoms with Crippen molar-refractivity contribution in [3.63, 3.8) is 0 Å². The molecule has 1 fully saturated rings. The number of carbonyl (C=O) groups is 2. The number of ether oxygens (including phenoxy) is 1. The molecule has 0 aliphatic carbocycles. The molecule has 0 aromatic carbocycles. The number of nitrogens with one attached hydrogen (secondary N) is 1. The van der Waals surface area contributed by atoms with Gasteiger partial charge >= 0.3 is 5.97 Å². The number of carbonyl (C=O) groups excluding carboxylic acids is 2. The van der Waals surface area contributed by atoms with Crippen molar-refractivity contribution < 1.29 is 14.3 Å². The Kier molecular flexibility index (Phi) is 2.59. The van der Waals surface area contributed by atoms with Crippen molar-refractivity contribution in [3.05, 3.63) is 0 Å². The summed E-state index contributed by atoms with van der Waals surface area (Å²) >= 11 is 0. The first-order valence-electron chi connectivity index (χ1n) is 4.40. The van der Waals surface area contributed by atoms with Gasteiger partial charge < -0.3 is 10.1 Å². The lowest BCUT2D eigenvalue weighted by atomic mass is 9.97. The van der Waals surface area contributed by atoms with E-state index in [4.69, 9.17) is 4.74 Å². The van der Waals surface area contributed by atoms with Crippen LogP contribution < -0.4 is 5.32 Å². The summed E-state index contributed by atoms with van der Waals surface area (Å²) in [6.45, 7) is 5.90. The predicted molar refractivity (Wildman–Crippen MR) is 47.0 cm³/mol. The number of hydrogen-bond acceptors (Lipinski definition) is 3. The Morgan fingerprint density at radius 2 is 2.15 bits per heavy atom.